The van der Waals surface area contributed by atoms with Crippen LogP contribution in [0.3, 0.4) is 0 Å². The number of likely N-dealkylation sites (tertiary alicyclic amines) is 1. The van der Waals surface area contributed by atoms with Crippen LogP contribution in [-0.2, 0) is 6.54 Å². The van der Waals surface area contributed by atoms with E-state index in [4.69, 9.17) is 11.6 Å². The molecule has 21 heavy (non-hydrogen) atoms. The van der Waals surface area contributed by atoms with Crippen LogP contribution in [-0.4, -0.2) is 28.0 Å². The van der Waals surface area contributed by atoms with Crippen LogP contribution >= 0.6 is 22.9 Å². The SMILES string of the molecule is CCC1(CC)CCN(Cc2nc(Cl)c3ccsc3n2)CC1. The Balaban J connectivity index is 1.69. The van der Waals surface area contributed by atoms with Crippen LogP contribution in [0.25, 0.3) is 10.2 Å². The molecule has 0 spiro atoms. The first kappa shape index (κ1) is 15.2. The van der Waals surface area contributed by atoms with E-state index in [1.807, 2.05) is 11.4 Å². The summed E-state index contributed by atoms with van der Waals surface area (Å²) in [4.78, 5) is 12.6. The van der Waals surface area contributed by atoms with Crippen molar-refractivity contribution < 1.29 is 0 Å². The molecule has 3 rings (SSSR count). The zero-order valence-corrected chi connectivity index (χ0v) is 14.3. The molecule has 0 atom stereocenters. The molecule has 2 aromatic heterocycles. The molecular weight excluding hydrogens is 302 g/mol. The Labute approximate surface area is 135 Å². The first-order chi connectivity index (χ1) is 10.2. The highest BCUT2D eigenvalue weighted by atomic mass is 35.5. The van der Waals surface area contributed by atoms with Gasteiger partial charge in [-0.25, -0.2) is 9.97 Å². The third-order valence-electron chi connectivity index (χ3n) is 5.11. The second-order valence-corrected chi connectivity index (χ2v) is 7.31. The van der Waals surface area contributed by atoms with Crippen molar-refractivity contribution in [2.24, 2.45) is 5.41 Å². The Kier molecular flexibility index (Phi) is 4.48. The summed E-state index contributed by atoms with van der Waals surface area (Å²) in [5.74, 6) is 0.857. The van der Waals surface area contributed by atoms with Gasteiger partial charge in [-0.15, -0.1) is 11.3 Å². The number of halogens is 1. The fraction of sp³-hybridized carbons (Fsp3) is 0.625. The van der Waals surface area contributed by atoms with Gasteiger partial charge >= 0.3 is 0 Å². The minimum Gasteiger partial charge on any atom is -0.296 e. The summed E-state index contributed by atoms with van der Waals surface area (Å²) >= 11 is 7.88. The third kappa shape index (κ3) is 3.08. The molecule has 0 amide bonds. The van der Waals surface area contributed by atoms with E-state index in [0.29, 0.717) is 10.6 Å². The maximum Gasteiger partial charge on any atom is 0.145 e. The summed E-state index contributed by atoms with van der Waals surface area (Å²) in [5, 5.41) is 3.58. The molecule has 1 aliphatic heterocycles. The Morgan fingerprint density at radius 1 is 1.24 bits per heavy atom. The molecule has 3 nitrogen and oxygen atoms in total. The first-order valence-corrected chi connectivity index (χ1v) is 9.03. The van der Waals surface area contributed by atoms with Gasteiger partial charge in [0.05, 0.1) is 6.54 Å². The van der Waals surface area contributed by atoms with E-state index in [0.717, 1.165) is 35.7 Å². The van der Waals surface area contributed by atoms with Crippen molar-refractivity contribution in [1.29, 1.82) is 0 Å². The van der Waals surface area contributed by atoms with Crippen LogP contribution in [0.2, 0.25) is 5.15 Å². The van der Waals surface area contributed by atoms with E-state index in [1.54, 1.807) is 11.3 Å². The molecule has 114 valence electrons. The fourth-order valence-corrected chi connectivity index (χ4v) is 4.36. The van der Waals surface area contributed by atoms with Gasteiger partial charge in [-0.05, 0) is 42.8 Å². The lowest BCUT2D eigenvalue weighted by molar-refractivity contribution is 0.0892. The van der Waals surface area contributed by atoms with Crippen molar-refractivity contribution in [1.82, 2.24) is 14.9 Å². The fourth-order valence-electron chi connectivity index (χ4n) is 3.27. The number of thiophene rings is 1. The summed E-state index contributed by atoms with van der Waals surface area (Å²) in [6, 6.07) is 1.99. The van der Waals surface area contributed by atoms with Gasteiger partial charge in [-0.3, -0.25) is 4.90 Å². The Morgan fingerprint density at radius 3 is 2.62 bits per heavy atom. The maximum atomic E-state index is 6.25. The lowest BCUT2D eigenvalue weighted by atomic mass is 9.74. The number of aromatic nitrogens is 2. The van der Waals surface area contributed by atoms with Gasteiger partial charge in [0.2, 0.25) is 0 Å². The van der Waals surface area contributed by atoms with Gasteiger partial charge in [0.1, 0.15) is 15.8 Å². The van der Waals surface area contributed by atoms with Crippen molar-refractivity contribution in [3.63, 3.8) is 0 Å². The molecule has 0 radical (unpaired) electrons. The number of nitrogens with zero attached hydrogens (tertiary/aromatic N) is 3. The second-order valence-electron chi connectivity index (χ2n) is 6.05. The zero-order chi connectivity index (χ0) is 14.9. The molecule has 0 aliphatic carbocycles. The zero-order valence-electron chi connectivity index (χ0n) is 12.7. The van der Waals surface area contributed by atoms with Gasteiger partial charge in [0, 0.05) is 5.39 Å². The summed E-state index contributed by atoms with van der Waals surface area (Å²) in [6.07, 6.45) is 5.16. The van der Waals surface area contributed by atoms with E-state index in [9.17, 15) is 0 Å². The predicted octanol–water partition coefficient (Wildman–Crippen LogP) is 4.75. The van der Waals surface area contributed by atoms with Gasteiger partial charge in [0.25, 0.3) is 0 Å². The summed E-state index contributed by atoms with van der Waals surface area (Å²) < 4.78 is 0. The van der Waals surface area contributed by atoms with Crippen molar-refractivity contribution in [2.75, 3.05) is 13.1 Å². The average molecular weight is 324 g/mol. The smallest absolute Gasteiger partial charge is 0.145 e. The monoisotopic (exact) mass is 323 g/mol. The molecule has 1 saturated heterocycles. The highest BCUT2D eigenvalue weighted by Gasteiger charge is 2.31. The van der Waals surface area contributed by atoms with Crippen LogP contribution in [0.1, 0.15) is 45.4 Å². The molecule has 1 fully saturated rings. The molecule has 0 bridgehead atoms. The number of hydrogen-bond acceptors (Lipinski definition) is 4. The van der Waals surface area contributed by atoms with Crippen LogP contribution in [0, 0.1) is 5.41 Å². The first-order valence-electron chi connectivity index (χ1n) is 7.78. The van der Waals surface area contributed by atoms with E-state index in [2.05, 4.69) is 28.7 Å². The third-order valence-corrected chi connectivity index (χ3v) is 6.20. The predicted molar refractivity (Wildman–Crippen MR) is 90.0 cm³/mol. The largest absolute Gasteiger partial charge is 0.296 e. The second kappa shape index (κ2) is 6.19. The van der Waals surface area contributed by atoms with Gasteiger partial charge in [0.15, 0.2) is 0 Å². The maximum absolute atomic E-state index is 6.25. The van der Waals surface area contributed by atoms with Gasteiger partial charge in [-0.1, -0.05) is 38.3 Å². The quantitative estimate of drug-likeness (QED) is 0.760. The number of hydrogen-bond donors (Lipinski definition) is 0. The molecule has 5 heteroatoms. The normalized spacial score (nSPS) is 19.2. The Hall–Kier alpha value is -0.710. The standard InChI is InChI=1S/C16H22ClN3S/c1-3-16(4-2)6-8-20(9-7-16)11-13-18-14(17)12-5-10-21-15(12)19-13/h5,10H,3-4,6-9,11H2,1-2H3. The van der Waals surface area contributed by atoms with Crippen molar-refractivity contribution in [3.8, 4) is 0 Å². The van der Waals surface area contributed by atoms with Crippen molar-refractivity contribution in [3.05, 3.63) is 22.4 Å². The molecule has 2 aromatic rings. The summed E-state index contributed by atoms with van der Waals surface area (Å²) in [7, 11) is 0. The highest BCUT2D eigenvalue weighted by molar-refractivity contribution is 7.16. The van der Waals surface area contributed by atoms with Gasteiger partial charge < -0.3 is 0 Å². The highest BCUT2D eigenvalue weighted by Crippen LogP contribution is 2.38. The van der Waals surface area contributed by atoms with Crippen LogP contribution in [0.4, 0.5) is 0 Å². The molecule has 0 aromatic carbocycles. The Morgan fingerprint density at radius 2 is 1.95 bits per heavy atom. The lowest BCUT2D eigenvalue weighted by Crippen LogP contribution is -2.39. The molecule has 0 saturated carbocycles. The number of piperidine rings is 1. The molecule has 0 unspecified atom stereocenters. The molecule has 1 aliphatic rings. The summed E-state index contributed by atoms with van der Waals surface area (Å²) in [5.41, 5.74) is 0.562. The van der Waals surface area contributed by atoms with Gasteiger partial charge in [-0.2, -0.15) is 0 Å². The van der Waals surface area contributed by atoms with Crippen molar-refractivity contribution in [2.45, 2.75) is 46.1 Å². The number of rotatable bonds is 4. The molecule has 0 N–H and O–H groups in total. The van der Waals surface area contributed by atoms with E-state index in [-0.39, 0.29) is 0 Å². The number of fused-ring (bicyclic) bond motifs is 1. The van der Waals surface area contributed by atoms with Crippen LogP contribution in [0.5, 0.6) is 0 Å². The van der Waals surface area contributed by atoms with E-state index < -0.39 is 0 Å². The molecular formula is C16H22ClN3S. The van der Waals surface area contributed by atoms with E-state index >= 15 is 0 Å². The topological polar surface area (TPSA) is 29.0 Å². The van der Waals surface area contributed by atoms with Crippen molar-refractivity contribution >= 4 is 33.2 Å². The van der Waals surface area contributed by atoms with Crippen LogP contribution in [0.15, 0.2) is 11.4 Å². The van der Waals surface area contributed by atoms with Crippen LogP contribution < -0.4 is 0 Å². The minimum atomic E-state index is 0.562. The summed E-state index contributed by atoms with van der Waals surface area (Å²) in [6.45, 7) is 7.76. The molecule has 3 heterocycles. The van der Waals surface area contributed by atoms with E-state index in [1.165, 1.54) is 25.7 Å². The minimum absolute atomic E-state index is 0.562. The average Bonchev–Trinajstić information content (AvgIpc) is 2.97. The Bertz CT molecular complexity index is 611. The lowest BCUT2D eigenvalue weighted by Gasteiger charge is -2.40.